The van der Waals surface area contributed by atoms with E-state index in [4.69, 9.17) is 4.74 Å². The Labute approximate surface area is 107 Å². The second-order valence-electron chi connectivity index (χ2n) is 4.35. The number of ether oxygens (including phenoxy) is 1. The van der Waals surface area contributed by atoms with E-state index < -0.39 is 0 Å². The molecule has 3 heteroatoms. The molecule has 0 aliphatic rings. The molecule has 96 valence electrons. The van der Waals surface area contributed by atoms with Crippen molar-refractivity contribution in [2.75, 3.05) is 6.61 Å². The molecule has 0 spiro atoms. The average molecular weight is 245 g/mol. The van der Waals surface area contributed by atoms with Gasteiger partial charge < -0.3 is 9.84 Å². The Balaban J connectivity index is 2.23. The summed E-state index contributed by atoms with van der Waals surface area (Å²) < 4.78 is 5.74. The topological polar surface area (TPSA) is 42.4 Å². The number of rotatable bonds is 6. The molecule has 1 heterocycles. The fraction of sp³-hybridized carbons (Fsp3) is 0.400. The number of pyridine rings is 1. The highest BCUT2D eigenvalue weighted by Gasteiger charge is 2.06. The van der Waals surface area contributed by atoms with Gasteiger partial charge in [-0.1, -0.05) is 38.0 Å². The molecule has 0 bridgehead atoms. The Bertz CT molecular complexity index is 511. The van der Waals surface area contributed by atoms with Crippen LogP contribution in [-0.4, -0.2) is 16.7 Å². The van der Waals surface area contributed by atoms with Crippen LogP contribution in [0.3, 0.4) is 0 Å². The zero-order valence-corrected chi connectivity index (χ0v) is 10.7. The van der Waals surface area contributed by atoms with E-state index >= 15 is 0 Å². The van der Waals surface area contributed by atoms with E-state index in [-0.39, 0.29) is 6.61 Å². The van der Waals surface area contributed by atoms with Crippen LogP contribution in [0.15, 0.2) is 30.3 Å². The van der Waals surface area contributed by atoms with Crippen LogP contribution in [0.2, 0.25) is 0 Å². The van der Waals surface area contributed by atoms with Gasteiger partial charge in [0.15, 0.2) is 0 Å². The maximum absolute atomic E-state index is 9.21. The first kappa shape index (κ1) is 12.8. The molecule has 3 nitrogen and oxygen atoms in total. The molecule has 0 saturated heterocycles. The second kappa shape index (κ2) is 6.36. The fourth-order valence-electron chi connectivity index (χ4n) is 1.93. The second-order valence-corrected chi connectivity index (χ2v) is 4.35. The van der Waals surface area contributed by atoms with Gasteiger partial charge >= 0.3 is 0 Å². The molecule has 2 aromatic rings. The molecule has 1 N–H and O–H groups in total. The minimum absolute atomic E-state index is 0.0594. The summed E-state index contributed by atoms with van der Waals surface area (Å²) in [6.45, 7) is 2.79. The van der Waals surface area contributed by atoms with Crippen LogP contribution in [0.4, 0.5) is 0 Å². The summed E-state index contributed by atoms with van der Waals surface area (Å²) in [6, 6.07) is 9.86. The molecule has 0 saturated carbocycles. The van der Waals surface area contributed by atoms with Crippen molar-refractivity contribution in [2.45, 2.75) is 32.8 Å². The van der Waals surface area contributed by atoms with Gasteiger partial charge in [-0.15, -0.1) is 0 Å². The zero-order valence-electron chi connectivity index (χ0n) is 10.7. The van der Waals surface area contributed by atoms with Crippen LogP contribution in [0.1, 0.15) is 31.9 Å². The maximum Gasteiger partial charge on any atom is 0.221 e. The molecule has 0 fully saturated rings. The summed E-state index contributed by atoms with van der Waals surface area (Å²) >= 11 is 0. The van der Waals surface area contributed by atoms with Crippen LogP contribution in [-0.2, 0) is 6.61 Å². The third-order valence-corrected chi connectivity index (χ3v) is 2.91. The third-order valence-electron chi connectivity index (χ3n) is 2.91. The van der Waals surface area contributed by atoms with Crippen molar-refractivity contribution in [2.24, 2.45) is 0 Å². The van der Waals surface area contributed by atoms with Gasteiger partial charge in [0.05, 0.1) is 18.9 Å². The van der Waals surface area contributed by atoms with Crippen molar-refractivity contribution < 1.29 is 9.84 Å². The predicted octanol–water partition coefficient (Wildman–Crippen LogP) is 3.30. The zero-order chi connectivity index (χ0) is 12.8. The quantitative estimate of drug-likeness (QED) is 0.794. The summed E-state index contributed by atoms with van der Waals surface area (Å²) in [5.74, 6) is 0.633. The molecule has 0 radical (unpaired) electrons. The Hall–Kier alpha value is -1.61. The number of benzene rings is 1. The highest BCUT2D eigenvalue weighted by molar-refractivity contribution is 5.87. The Kier molecular flexibility index (Phi) is 4.53. The molecule has 1 aromatic carbocycles. The first-order chi connectivity index (χ1) is 8.85. The normalized spacial score (nSPS) is 10.8. The monoisotopic (exact) mass is 245 g/mol. The third kappa shape index (κ3) is 2.99. The smallest absolute Gasteiger partial charge is 0.221 e. The van der Waals surface area contributed by atoms with Gasteiger partial charge in [0.2, 0.25) is 5.88 Å². The number of hydrogen-bond acceptors (Lipinski definition) is 3. The Morgan fingerprint density at radius 1 is 1.22 bits per heavy atom. The van der Waals surface area contributed by atoms with Crippen molar-refractivity contribution in [1.82, 2.24) is 4.98 Å². The minimum atomic E-state index is -0.0594. The molecule has 0 aliphatic carbocycles. The Morgan fingerprint density at radius 2 is 2.06 bits per heavy atom. The van der Waals surface area contributed by atoms with Crippen LogP contribution in [0.25, 0.3) is 10.8 Å². The van der Waals surface area contributed by atoms with E-state index in [1.54, 1.807) is 0 Å². The number of aliphatic hydroxyl groups excluding tert-OH is 1. The van der Waals surface area contributed by atoms with Crippen molar-refractivity contribution in [3.05, 3.63) is 36.0 Å². The first-order valence-corrected chi connectivity index (χ1v) is 6.47. The van der Waals surface area contributed by atoms with Gasteiger partial charge in [-0.25, -0.2) is 4.98 Å². The average Bonchev–Trinajstić information content (AvgIpc) is 2.43. The van der Waals surface area contributed by atoms with E-state index in [2.05, 4.69) is 11.9 Å². The summed E-state index contributed by atoms with van der Waals surface area (Å²) in [7, 11) is 0. The van der Waals surface area contributed by atoms with Gasteiger partial charge in [0, 0.05) is 5.39 Å². The van der Waals surface area contributed by atoms with Gasteiger partial charge in [-0.2, -0.15) is 0 Å². The number of unbranched alkanes of at least 4 members (excludes halogenated alkanes) is 2. The van der Waals surface area contributed by atoms with E-state index in [1.807, 2.05) is 30.3 Å². The van der Waals surface area contributed by atoms with E-state index in [0.29, 0.717) is 18.2 Å². The largest absolute Gasteiger partial charge is 0.477 e. The van der Waals surface area contributed by atoms with Crippen LogP contribution < -0.4 is 4.74 Å². The van der Waals surface area contributed by atoms with Gasteiger partial charge in [-0.3, -0.25) is 0 Å². The van der Waals surface area contributed by atoms with Gasteiger partial charge in [0.25, 0.3) is 0 Å². The minimum Gasteiger partial charge on any atom is -0.477 e. The number of hydrogen-bond donors (Lipinski definition) is 1. The van der Waals surface area contributed by atoms with Gasteiger partial charge in [-0.05, 0) is 23.9 Å². The van der Waals surface area contributed by atoms with Crippen LogP contribution in [0.5, 0.6) is 5.88 Å². The number of aliphatic hydroxyl groups is 1. The SMILES string of the molecule is CCCCCOc1nc(CO)cc2ccccc12. The molecular formula is C15H19NO2. The lowest BCUT2D eigenvalue weighted by atomic mass is 10.1. The lowest BCUT2D eigenvalue weighted by Gasteiger charge is -2.09. The van der Waals surface area contributed by atoms with Crippen molar-refractivity contribution in [1.29, 1.82) is 0 Å². The van der Waals surface area contributed by atoms with Crippen molar-refractivity contribution in [3.8, 4) is 5.88 Å². The number of aromatic nitrogens is 1. The number of fused-ring (bicyclic) bond motifs is 1. The predicted molar refractivity (Wildman–Crippen MR) is 72.7 cm³/mol. The highest BCUT2D eigenvalue weighted by Crippen LogP contribution is 2.24. The molecule has 0 aliphatic heterocycles. The first-order valence-electron chi connectivity index (χ1n) is 6.47. The van der Waals surface area contributed by atoms with Crippen molar-refractivity contribution in [3.63, 3.8) is 0 Å². The summed E-state index contributed by atoms with van der Waals surface area (Å²) in [5, 5.41) is 11.3. The van der Waals surface area contributed by atoms with E-state index in [0.717, 1.165) is 23.6 Å². The summed E-state index contributed by atoms with van der Waals surface area (Å²) in [4.78, 5) is 4.34. The van der Waals surface area contributed by atoms with Crippen LogP contribution in [0, 0.1) is 0 Å². The molecule has 0 unspecified atom stereocenters. The lowest BCUT2D eigenvalue weighted by molar-refractivity contribution is 0.268. The Morgan fingerprint density at radius 3 is 2.83 bits per heavy atom. The molecule has 2 rings (SSSR count). The number of nitrogens with zero attached hydrogens (tertiary/aromatic N) is 1. The molecule has 18 heavy (non-hydrogen) atoms. The standard InChI is InChI=1S/C15H19NO2/c1-2-3-6-9-18-15-14-8-5-4-7-12(14)10-13(11-17)16-15/h4-5,7-8,10,17H,2-3,6,9,11H2,1H3. The molecule has 1 aromatic heterocycles. The van der Waals surface area contributed by atoms with E-state index in [1.165, 1.54) is 6.42 Å². The van der Waals surface area contributed by atoms with E-state index in [9.17, 15) is 5.11 Å². The van der Waals surface area contributed by atoms with Crippen molar-refractivity contribution >= 4 is 10.8 Å². The highest BCUT2D eigenvalue weighted by atomic mass is 16.5. The lowest BCUT2D eigenvalue weighted by Crippen LogP contribution is -2.01. The molecular weight excluding hydrogens is 226 g/mol. The maximum atomic E-state index is 9.21. The summed E-state index contributed by atoms with van der Waals surface area (Å²) in [6.07, 6.45) is 3.38. The molecule has 0 amide bonds. The molecule has 0 atom stereocenters. The van der Waals surface area contributed by atoms with Crippen LogP contribution >= 0.6 is 0 Å². The fourth-order valence-corrected chi connectivity index (χ4v) is 1.93. The summed E-state index contributed by atoms with van der Waals surface area (Å²) in [5.41, 5.74) is 0.652. The van der Waals surface area contributed by atoms with Gasteiger partial charge in [0.1, 0.15) is 0 Å².